The quantitative estimate of drug-likeness (QED) is 0.335. The summed E-state index contributed by atoms with van der Waals surface area (Å²) >= 11 is 0. The lowest BCUT2D eigenvalue weighted by molar-refractivity contribution is -0.480. The average Bonchev–Trinajstić information content (AvgIpc) is 2.47. The third-order valence-corrected chi connectivity index (χ3v) is 3.84. The number of fused-ring (bicyclic) bond motifs is 6. The molecule has 0 amide bonds. The molecule has 0 spiro atoms. The maximum Gasteiger partial charge on any atom is 0.219 e. The molecule has 0 aliphatic heterocycles. The molecule has 2 heteroatoms. The molecular formula is C18H14ClN. The van der Waals surface area contributed by atoms with Gasteiger partial charge in [0.15, 0.2) is 6.20 Å². The van der Waals surface area contributed by atoms with Gasteiger partial charge in [-0.3, -0.25) is 0 Å². The number of halogens is 1. The Hall–Kier alpha value is -2.12. The lowest BCUT2D eigenvalue weighted by Crippen LogP contribution is -3.00. The highest BCUT2D eigenvalue weighted by Gasteiger charge is 2.15. The molecule has 0 aliphatic carbocycles. The van der Waals surface area contributed by atoms with Crippen LogP contribution in [0.1, 0.15) is 5.56 Å². The van der Waals surface area contributed by atoms with E-state index in [0.717, 1.165) is 0 Å². The van der Waals surface area contributed by atoms with Gasteiger partial charge in [0.05, 0.1) is 10.8 Å². The van der Waals surface area contributed by atoms with Crippen molar-refractivity contribution in [1.82, 2.24) is 0 Å². The fraction of sp³-hybridized carbons (Fsp3) is 0.0556. The summed E-state index contributed by atoms with van der Waals surface area (Å²) in [7, 11) is 0. The fourth-order valence-corrected chi connectivity index (χ4v) is 3.00. The highest BCUT2D eigenvalue weighted by Crippen LogP contribution is 2.27. The van der Waals surface area contributed by atoms with E-state index in [-0.39, 0.29) is 12.4 Å². The topological polar surface area (TPSA) is 4.10 Å². The van der Waals surface area contributed by atoms with E-state index in [4.69, 9.17) is 0 Å². The summed E-state index contributed by atoms with van der Waals surface area (Å²) in [5.41, 5.74) is 3.86. The number of rotatable bonds is 0. The molecule has 20 heavy (non-hydrogen) atoms. The van der Waals surface area contributed by atoms with Crippen LogP contribution >= 0.6 is 0 Å². The number of benzene rings is 2. The summed E-state index contributed by atoms with van der Waals surface area (Å²) in [6.45, 7) is 2.18. The molecule has 0 aliphatic rings. The van der Waals surface area contributed by atoms with Gasteiger partial charge in [-0.05, 0) is 24.6 Å². The van der Waals surface area contributed by atoms with E-state index in [2.05, 4.69) is 78.2 Å². The monoisotopic (exact) mass is 279 g/mol. The van der Waals surface area contributed by atoms with Crippen LogP contribution < -0.4 is 16.8 Å². The zero-order valence-corrected chi connectivity index (χ0v) is 11.9. The molecule has 4 rings (SSSR count). The minimum Gasteiger partial charge on any atom is -1.00 e. The summed E-state index contributed by atoms with van der Waals surface area (Å²) in [6.07, 6.45) is 2.14. The number of nitrogens with zero attached hydrogens (tertiary/aromatic N) is 1. The Morgan fingerprint density at radius 1 is 0.700 bits per heavy atom. The molecular weight excluding hydrogens is 266 g/mol. The SMILES string of the molecule is Cc1cccc2c1c1ccccc1c1cccc[n+]12.[Cl-]. The molecule has 98 valence electrons. The number of hydrogen-bond acceptors (Lipinski definition) is 0. The smallest absolute Gasteiger partial charge is 0.219 e. The summed E-state index contributed by atoms with van der Waals surface area (Å²) < 4.78 is 2.28. The first kappa shape index (κ1) is 12.9. The maximum atomic E-state index is 2.28. The molecule has 0 saturated heterocycles. The van der Waals surface area contributed by atoms with Gasteiger partial charge < -0.3 is 12.4 Å². The second-order valence-corrected chi connectivity index (χ2v) is 4.97. The number of pyridine rings is 2. The third-order valence-electron chi connectivity index (χ3n) is 3.84. The van der Waals surface area contributed by atoms with Crippen molar-refractivity contribution in [2.45, 2.75) is 6.92 Å². The van der Waals surface area contributed by atoms with Crippen molar-refractivity contribution < 1.29 is 16.8 Å². The summed E-state index contributed by atoms with van der Waals surface area (Å²) in [4.78, 5) is 0. The zero-order chi connectivity index (χ0) is 12.8. The molecule has 2 aromatic heterocycles. The van der Waals surface area contributed by atoms with Crippen molar-refractivity contribution >= 4 is 27.2 Å². The van der Waals surface area contributed by atoms with E-state index in [1.165, 1.54) is 32.8 Å². The minimum atomic E-state index is 0. The van der Waals surface area contributed by atoms with Gasteiger partial charge in [-0.25, -0.2) is 0 Å². The van der Waals surface area contributed by atoms with E-state index in [9.17, 15) is 0 Å². The first-order chi connectivity index (χ1) is 9.36. The van der Waals surface area contributed by atoms with Crippen LogP contribution in [0.2, 0.25) is 0 Å². The van der Waals surface area contributed by atoms with Gasteiger partial charge in [0, 0.05) is 23.6 Å². The van der Waals surface area contributed by atoms with Crippen LogP contribution in [0.25, 0.3) is 27.2 Å². The standard InChI is InChI=1S/C18H14N.ClH/c1-13-7-6-11-17-18(13)15-9-3-2-8-14(15)16-10-4-5-12-19(16)17;/h2-12H,1H3;1H/q+1;/p-1. The van der Waals surface area contributed by atoms with Crippen LogP contribution in [-0.2, 0) is 0 Å². The Labute approximate surface area is 123 Å². The Morgan fingerprint density at radius 3 is 2.25 bits per heavy atom. The van der Waals surface area contributed by atoms with Gasteiger partial charge in [-0.1, -0.05) is 30.3 Å². The van der Waals surface area contributed by atoms with Crippen molar-refractivity contribution in [1.29, 1.82) is 0 Å². The highest BCUT2D eigenvalue weighted by atomic mass is 35.5. The van der Waals surface area contributed by atoms with E-state index in [1.54, 1.807) is 0 Å². The maximum absolute atomic E-state index is 2.28. The van der Waals surface area contributed by atoms with Gasteiger partial charge in [0.25, 0.3) is 0 Å². The molecule has 0 fully saturated rings. The first-order valence-electron chi connectivity index (χ1n) is 6.57. The van der Waals surface area contributed by atoms with Crippen molar-refractivity contribution in [2.24, 2.45) is 0 Å². The molecule has 0 bridgehead atoms. The Morgan fingerprint density at radius 2 is 1.40 bits per heavy atom. The molecule has 0 atom stereocenters. The Kier molecular flexibility index (Phi) is 3.07. The van der Waals surface area contributed by atoms with Crippen molar-refractivity contribution in [3.8, 4) is 0 Å². The molecule has 2 aromatic carbocycles. The normalized spacial score (nSPS) is 10.8. The van der Waals surface area contributed by atoms with Crippen molar-refractivity contribution in [3.63, 3.8) is 0 Å². The molecule has 0 N–H and O–H groups in total. The second-order valence-electron chi connectivity index (χ2n) is 4.97. The third kappa shape index (κ3) is 1.67. The Bertz CT molecular complexity index is 883. The number of aryl methyl sites for hydroxylation is 1. The second kappa shape index (κ2) is 4.77. The van der Waals surface area contributed by atoms with E-state index < -0.39 is 0 Å². The van der Waals surface area contributed by atoms with E-state index >= 15 is 0 Å². The van der Waals surface area contributed by atoms with Crippen LogP contribution in [0.5, 0.6) is 0 Å². The minimum absolute atomic E-state index is 0. The molecule has 4 aromatic rings. The molecule has 0 unspecified atom stereocenters. The average molecular weight is 280 g/mol. The van der Waals surface area contributed by atoms with Gasteiger partial charge >= 0.3 is 0 Å². The first-order valence-corrected chi connectivity index (χ1v) is 6.57. The predicted octanol–water partition coefficient (Wildman–Crippen LogP) is 1.04. The fourth-order valence-electron chi connectivity index (χ4n) is 3.00. The molecule has 2 heterocycles. The van der Waals surface area contributed by atoms with Crippen molar-refractivity contribution in [2.75, 3.05) is 0 Å². The predicted molar refractivity (Wildman–Crippen MR) is 79.4 cm³/mol. The van der Waals surface area contributed by atoms with Crippen LogP contribution in [0, 0.1) is 6.92 Å². The van der Waals surface area contributed by atoms with Crippen LogP contribution in [-0.4, -0.2) is 0 Å². The summed E-state index contributed by atoms with van der Waals surface area (Å²) in [5, 5.41) is 3.99. The summed E-state index contributed by atoms with van der Waals surface area (Å²) in [5.74, 6) is 0. The molecule has 1 nitrogen and oxygen atoms in total. The van der Waals surface area contributed by atoms with Gasteiger partial charge in [-0.2, -0.15) is 4.40 Å². The molecule has 0 saturated carbocycles. The van der Waals surface area contributed by atoms with Crippen molar-refractivity contribution in [3.05, 3.63) is 72.4 Å². The zero-order valence-electron chi connectivity index (χ0n) is 11.2. The van der Waals surface area contributed by atoms with E-state index in [0.29, 0.717) is 0 Å². The van der Waals surface area contributed by atoms with Crippen LogP contribution in [0.15, 0.2) is 66.9 Å². The lowest BCUT2D eigenvalue weighted by atomic mass is 10.0. The van der Waals surface area contributed by atoms with Gasteiger partial charge in [0.2, 0.25) is 11.0 Å². The lowest BCUT2D eigenvalue weighted by Gasteiger charge is -2.06. The highest BCUT2D eigenvalue weighted by molar-refractivity contribution is 6.10. The summed E-state index contributed by atoms with van der Waals surface area (Å²) in [6, 6.07) is 21.5. The molecule has 0 radical (unpaired) electrons. The van der Waals surface area contributed by atoms with Gasteiger partial charge in [-0.15, -0.1) is 0 Å². The van der Waals surface area contributed by atoms with Crippen LogP contribution in [0.3, 0.4) is 0 Å². The Balaban J connectivity index is 0.00000121. The largest absolute Gasteiger partial charge is 1.00 e. The number of hydrogen-bond donors (Lipinski definition) is 0. The number of aromatic nitrogens is 1. The van der Waals surface area contributed by atoms with E-state index in [1.807, 2.05) is 0 Å². The van der Waals surface area contributed by atoms with Gasteiger partial charge in [0.1, 0.15) is 0 Å². The van der Waals surface area contributed by atoms with Crippen LogP contribution in [0.4, 0.5) is 0 Å².